The van der Waals surface area contributed by atoms with Crippen LogP contribution in [0.4, 0.5) is 0 Å². The summed E-state index contributed by atoms with van der Waals surface area (Å²) in [7, 11) is 0. The maximum Gasteiger partial charge on any atom is 0.255 e. The Labute approximate surface area is 120 Å². The molecule has 1 aliphatic carbocycles. The number of ketones is 1. The van der Waals surface area contributed by atoms with Gasteiger partial charge in [-0.15, -0.1) is 0 Å². The van der Waals surface area contributed by atoms with Gasteiger partial charge in [0, 0.05) is 24.7 Å². The molecular formula is C16H24N2O2. The smallest absolute Gasteiger partial charge is 0.255 e. The summed E-state index contributed by atoms with van der Waals surface area (Å²) in [5.41, 5.74) is 0.0881. The van der Waals surface area contributed by atoms with Gasteiger partial charge >= 0.3 is 0 Å². The zero-order chi connectivity index (χ0) is 14.8. The van der Waals surface area contributed by atoms with Crippen LogP contribution in [-0.4, -0.2) is 41.3 Å². The third-order valence-electron chi connectivity index (χ3n) is 4.28. The monoisotopic (exact) mass is 276 g/mol. The van der Waals surface area contributed by atoms with E-state index in [1.807, 2.05) is 0 Å². The van der Waals surface area contributed by atoms with E-state index in [-0.39, 0.29) is 17.2 Å². The number of nitrogens with one attached hydrogen (secondary N) is 1. The molecule has 0 radical (unpaired) electrons. The zero-order valence-electron chi connectivity index (χ0n) is 12.6. The van der Waals surface area contributed by atoms with E-state index in [1.165, 1.54) is 6.08 Å². The summed E-state index contributed by atoms with van der Waals surface area (Å²) in [4.78, 5) is 26.4. The molecule has 20 heavy (non-hydrogen) atoms. The molecule has 2 aliphatic rings. The standard InChI is InChI=1S/C16H24N2O2/c1-12(2)18-10-8-16(3,9-11-18)17-15(20)13-6-4-5-7-14(13)19/h5-7,12H,4,8-11H2,1-3H3,(H,17,20). The second kappa shape index (κ2) is 5.92. The predicted octanol–water partition coefficient (Wildman–Crippen LogP) is 1.82. The van der Waals surface area contributed by atoms with Crippen LogP contribution in [0.3, 0.4) is 0 Å². The molecule has 0 spiro atoms. The molecule has 1 fully saturated rings. The maximum absolute atomic E-state index is 12.2. The van der Waals surface area contributed by atoms with Crippen LogP contribution in [0.2, 0.25) is 0 Å². The Bertz CT molecular complexity index is 455. The van der Waals surface area contributed by atoms with Crippen LogP contribution in [0.5, 0.6) is 0 Å². The van der Waals surface area contributed by atoms with Gasteiger partial charge in [-0.3, -0.25) is 9.59 Å². The lowest BCUT2D eigenvalue weighted by Crippen LogP contribution is -2.55. The van der Waals surface area contributed by atoms with Crippen LogP contribution in [0.15, 0.2) is 23.8 Å². The number of rotatable bonds is 3. The van der Waals surface area contributed by atoms with Crippen LogP contribution < -0.4 is 5.32 Å². The number of likely N-dealkylation sites (tertiary alicyclic amines) is 1. The lowest BCUT2D eigenvalue weighted by atomic mass is 9.88. The number of piperidine rings is 1. The van der Waals surface area contributed by atoms with Gasteiger partial charge in [-0.1, -0.05) is 12.2 Å². The Kier molecular flexibility index (Phi) is 4.43. The molecular weight excluding hydrogens is 252 g/mol. The molecule has 1 amide bonds. The van der Waals surface area contributed by atoms with Gasteiger partial charge in [-0.05, 0) is 46.1 Å². The molecule has 0 aromatic rings. The third-order valence-corrected chi connectivity index (χ3v) is 4.28. The molecule has 0 aromatic heterocycles. The second-order valence-electron chi connectivity index (χ2n) is 6.26. The van der Waals surface area contributed by atoms with E-state index >= 15 is 0 Å². The Morgan fingerprint density at radius 1 is 1.35 bits per heavy atom. The zero-order valence-corrected chi connectivity index (χ0v) is 12.6. The number of allylic oxidation sites excluding steroid dienone is 3. The highest BCUT2D eigenvalue weighted by Gasteiger charge is 2.33. The van der Waals surface area contributed by atoms with E-state index in [9.17, 15) is 9.59 Å². The van der Waals surface area contributed by atoms with Gasteiger partial charge in [-0.2, -0.15) is 0 Å². The summed E-state index contributed by atoms with van der Waals surface area (Å²) >= 11 is 0. The summed E-state index contributed by atoms with van der Waals surface area (Å²) in [6.07, 6.45) is 7.49. The minimum Gasteiger partial charge on any atom is -0.347 e. The van der Waals surface area contributed by atoms with Gasteiger partial charge in [0.15, 0.2) is 5.78 Å². The van der Waals surface area contributed by atoms with Crippen molar-refractivity contribution in [1.29, 1.82) is 0 Å². The van der Waals surface area contributed by atoms with Gasteiger partial charge < -0.3 is 10.2 Å². The summed E-state index contributed by atoms with van der Waals surface area (Å²) < 4.78 is 0. The van der Waals surface area contributed by atoms with Crippen LogP contribution in [0.1, 0.15) is 40.0 Å². The summed E-state index contributed by atoms with van der Waals surface area (Å²) in [6, 6.07) is 0.544. The summed E-state index contributed by atoms with van der Waals surface area (Å²) in [5.74, 6) is -0.406. The molecule has 1 saturated heterocycles. The van der Waals surface area contributed by atoms with E-state index < -0.39 is 0 Å². The SMILES string of the molecule is CC(C)N1CCC(C)(NC(=O)C2=CCC=CC2=O)CC1. The lowest BCUT2D eigenvalue weighted by molar-refractivity contribution is -0.122. The first kappa shape index (κ1) is 15.0. The van der Waals surface area contributed by atoms with Crippen LogP contribution in [0, 0.1) is 0 Å². The van der Waals surface area contributed by atoms with E-state index in [2.05, 4.69) is 31.0 Å². The fourth-order valence-electron chi connectivity index (χ4n) is 2.76. The highest BCUT2D eigenvalue weighted by molar-refractivity contribution is 6.23. The number of hydrogen-bond donors (Lipinski definition) is 1. The summed E-state index contributed by atoms with van der Waals surface area (Å²) in [6.45, 7) is 8.44. The van der Waals surface area contributed by atoms with Gasteiger partial charge in [0.05, 0.1) is 5.57 Å². The molecule has 2 rings (SSSR count). The molecule has 1 aliphatic heterocycles. The lowest BCUT2D eigenvalue weighted by Gasteiger charge is -2.41. The van der Waals surface area contributed by atoms with Gasteiger partial charge in [0.25, 0.3) is 5.91 Å². The van der Waals surface area contributed by atoms with Crippen molar-refractivity contribution < 1.29 is 9.59 Å². The van der Waals surface area contributed by atoms with E-state index in [1.54, 1.807) is 12.2 Å². The van der Waals surface area contributed by atoms with E-state index in [0.29, 0.717) is 18.0 Å². The molecule has 0 saturated carbocycles. The van der Waals surface area contributed by atoms with Crippen molar-refractivity contribution >= 4 is 11.7 Å². The second-order valence-corrected chi connectivity index (χ2v) is 6.26. The van der Waals surface area contributed by atoms with Crippen molar-refractivity contribution in [2.45, 2.75) is 51.6 Å². The van der Waals surface area contributed by atoms with Crippen molar-refractivity contribution in [2.75, 3.05) is 13.1 Å². The molecule has 0 unspecified atom stereocenters. The minimum absolute atomic E-state index is 0.183. The van der Waals surface area contributed by atoms with Crippen molar-refractivity contribution in [3.63, 3.8) is 0 Å². The fraction of sp³-hybridized carbons (Fsp3) is 0.625. The highest BCUT2D eigenvalue weighted by atomic mass is 16.2. The average molecular weight is 276 g/mol. The van der Waals surface area contributed by atoms with Crippen molar-refractivity contribution in [2.24, 2.45) is 0 Å². The first-order valence-electron chi connectivity index (χ1n) is 7.39. The van der Waals surface area contributed by atoms with Crippen molar-refractivity contribution in [1.82, 2.24) is 10.2 Å². The Hall–Kier alpha value is -1.42. The quantitative estimate of drug-likeness (QED) is 0.800. The molecule has 4 nitrogen and oxygen atoms in total. The first-order chi connectivity index (χ1) is 9.41. The molecule has 0 bridgehead atoms. The topological polar surface area (TPSA) is 49.4 Å². The van der Waals surface area contributed by atoms with E-state index in [0.717, 1.165) is 25.9 Å². The molecule has 4 heteroatoms. The average Bonchev–Trinajstić information content (AvgIpc) is 2.39. The third kappa shape index (κ3) is 3.37. The van der Waals surface area contributed by atoms with E-state index in [4.69, 9.17) is 0 Å². The summed E-state index contributed by atoms with van der Waals surface area (Å²) in [5, 5.41) is 3.07. The number of carbonyl (C=O) groups excluding carboxylic acids is 2. The van der Waals surface area contributed by atoms with Gasteiger partial charge in [0.2, 0.25) is 0 Å². The number of carbonyl (C=O) groups is 2. The largest absolute Gasteiger partial charge is 0.347 e. The molecule has 1 heterocycles. The molecule has 110 valence electrons. The molecule has 0 aromatic carbocycles. The van der Waals surface area contributed by atoms with Crippen LogP contribution in [-0.2, 0) is 9.59 Å². The highest BCUT2D eigenvalue weighted by Crippen LogP contribution is 2.23. The molecule has 0 atom stereocenters. The van der Waals surface area contributed by atoms with Crippen molar-refractivity contribution in [3.8, 4) is 0 Å². The number of nitrogens with zero attached hydrogens (tertiary/aromatic N) is 1. The Balaban J connectivity index is 1.95. The first-order valence-corrected chi connectivity index (χ1v) is 7.39. The molecule has 1 N–H and O–H groups in total. The minimum atomic E-state index is -0.222. The normalized spacial score (nSPS) is 22.8. The Morgan fingerprint density at radius 3 is 2.55 bits per heavy atom. The van der Waals surface area contributed by atoms with Gasteiger partial charge in [-0.25, -0.2) is 0 Å². The fourth-order valence-corrected chi connectivity index (χ4v) is 2.76. The number of amides is 1. The van der Waals surface area contributed by atoms with Crippen LogP contribution in [0.25, 0.3) is 0 Å². The van der Waals surface area contributed by atoms with Crippen LogP contribution >= 0.6 is 0 Å². The predicted molar refractivity (Wildman–Crippen MR) is 79.3 cm³/mol. The van der Waals surface area contributed by atoms with Crippen molar-refractivity contribution in [3.05, 3.63) is 23.8 Å². The maximum atomic E-state index is 12.2. The Morgan fingerprint density at radius 2 is 2.00 bits per heavy atom. The van der Waals surface area contributed by atoms with Gasteiger partial charge in [0.1, 0.15) is 0 Å². The number of hydrogen-bond acceptors (Lipinski definition) is 3.